The average molecular weight is 268 g/mol. The number of fused-ring (bicyclic) bond motifs is 1. The Balaban J connectivity index is 1.97. The van der Waals surface area contributed by atoms with Gasteiger partial charge in [-0.1, -0.05) is 11.2 Å². The van der Waals surface area contributed by atoms with Gasteiger partial charge in [0.2, 0.25) is 5.89 Å². The minimum absolute atomic E-state index is 0.272. The molecule has 1 unspecified atom stereocenters. The van der Waals surface area contributed by atoms with Gasteiger partial charge in [-0.05, 0) is 31.0 Å². The zero-order valence-electron chi connectivity index (χ0n) is 9.73. The lowest BCUT2D eigenvalue weighted by Crippen LogP contribution is -2.13. The topological polar surface area (TPSA) is 42.2 Å². The highest BCUT2D eigenvalue weighted by atomic mass is 35.5. The molecule has 0 spiro atoms. The van der Waals surface area contributed by atoms with E-state index >= 15 is 0 Å². The largest absolute Gasteiger partial charge is 0.406 e. The quantitative estimate of drug-likeness (QED) is 0.784. The van der Waals surface area contributed by atoms with Crippen LogP contribution in [-0.2, 0) is 6.42 Å². The maximum atomic E-state index is 13.3. The third-order valence-electron chi connectivity index (χ3n) is 2.94. The highest BCUT2D eigenvalue weighted by Gasteiger charge is 2.25. The van der Waals surface area contributed by atoms with Crippen LogP contribution in [0.4, 0.5) is 16.1 Å². The standard InChI is InChI=1S/C12H11ClFN3O/c1-7(13)11-15-16-12(18-11)17-5-4-8-2-3-9(14)6-10(8)17/h2-3,6-7H,4-5H2,1H3. The second kappa shape index (κ2) is 4.24. The Kier molecular flexibility index (Phi) is 2.70. The first kappa shape index (κ1) is 11.5. The molecule has 2 aromatic rings. The smallest absolute Gasteiger partial charge is 0.322 e. The number of aromatic nitrogens is 2. The Labute approximate surface area is 108 Å². The van der Waals surface area contributed by atoms with Gasteiger partial charge in [0.05, 0.1) is 5.69 Å². The van der Waals surface area contributed by atoms with Gasteiger partial charge in [0, 0.05) is 6.54 Å². The summed E-state index contributed by atoms with van der Waals surface area (Å²) in [5.41, 5.74) is 1.86. The zero-order valence-corrected chi connectivity index (χ0v) is 10.5. The highest BCUT2D eigenvalue weighted by molar-refractivity contribution is 6.20. The minimum Gasteiger partial charge on any atom is -0.406 e. The van der Waals surface area contributed by atoms with Crippen LogP contribution in [0.3, 0.4) is 0 Å². The number of benzene rings is 1. The Morgan fingerprint density at radius 1 is 1.44 bits per heavy atom. The predicted molar refractivity (Wildman–Crippen MR) is 65.7 cm³/mol. The van der Waals surface area contributed by atoms with Gasteiger partial charge in [0.1, 0.15) is 11.2 Å². The normalized spacial score (nSPS) is 15.8. The van der Waals surface area contributed by atoms with Gasteiger partial charge in [0.25, 0.3) is 0 Å². The molecule has 1 aromatic carbocycles. The molecule has 3 rings (SSSR count). The van der Waals surface area contributed by atoms with Crippen molar-refractivity contribution in [3.8, 4) is 0 Å². The fourth-order valence-corrected chi connectivity index (χ4v) is 2.14. The molecule has 0 fully saturated rings. The van der Waals surface area contributed by atoms with Crippen LogP contribution < -0.4 is 4.90 Å². The molecule has 0 saturated heterocycles. The van der Waals surface area contributed by atoms with Crippen LogP contribution in [0.5, 0.6) is 0 Å². The first-order chi connectivity index (χ1) is 8.65. The molecular formula is C12H11ClFN3O. The molecule has 94 valence electrons. The average Bonchev–Trinajstić information content (AvgIpc) is 2.93. The van der Waals surface area contributed by atoms with Crippen molar-refractivity contribution in [1.82, 2.24) is 10.2 Å². The lowest BCUT2D eigenvalue weighted by Gasteiger charge is -2.13. The summed E-state index contributed by atoms with van der Waals surface area (Å²) in [4.78, 5) is 1.81. The molecule has 1 atom stereocenters. The summed E-state index contributed by atoms with van der Waals surface area (Å²) < 4.78 is 18.7. The summed E-state index contributed by atoms with van der Waals surface area (Å²) in [6, 6.07) is 5.09. The van der Waals surface area contributed by atoms with Crippen LogP contribution in [0, 0.1) is 5.82 Å². The Morgan fingerprint density at radius 3 is 3.00 bits per heavy atom. The molecule has 2 heterocycles. The van der Waals surface area contributed by atoms with Crippen molar-refractivity contribution in [3.05, 3.63) is 35.5 Å². The molecule has 1 aliphatic heterocycles. The summed E-state index contributed by atoms with van der Waals surface area (Å²) >= 11 is 5.87. The zero-order chi connectivity index (χ0) is 12.7. The third-order valence-corrected chi connectivity index (χ3v) is 3.13. The Bertz CT molecular complexity index is 584. The molecule has 0 saturated carbocycles. The van der Waals surface area contributed by atoms with Gasteiger partial charge in [-0.2, -0.15) is 0 Å². The third kappa shape index (κ3) is 1.84. The predicted octanol–water partition coefficient (Wildman–Crippen LogP) is 3.20. The fraction of sp³-hybridized carbons (Fsp3) is 0.333. The van der Waals surface area contributed by atoms with Gasteiger partial charge < -0.3 is 4.42 Å². The van der Waals surface area contributed by atoms with Crippen molar-refractivity contribution in [1.29, 1.82) is 0 Å². The van der Waals surface area contributed by atoms with Gasteiger partial charge >= 0.3 is 6.01 Å². The van der Waals surface area contributed by atoms with Crippen LogP contribution in [0.15, 0.2) is 22.6 Å². The van der Waals surface area contributed by atoms with E-state index in [-0.39, 0.29) is 11.2 Å². The molecule has 1 aliphatic rings. The molecule has 1 aromatic heterocycles. The van der Waals surface area contributed by atoms with Crippen LogP contribution in [-0.4, -0.2) is 16.7 Å². The summed E-state index contributed by atoms with van der Waals surface area (Å²) in [7, 11) is 0. The Morgan fingerprint density at radius 2 is 2.28 bits per heavy atom. The molecular weight excluding hydrogens is 257 g/mol. The van der Waals surface area contributed by atoms with E-state index in [9.17, 15) is 4.39 Å². The molecule has 0 aliphatic carbocycles. The van der Waals surface area contributed by atoms with E-state index in [1.165, 1.54) is 12.1 Å². The van der Waals surface area contributed by atoms with Crippen molar-refractivity contribution < 1.29 is 8.81 Å². The summed E-state index contributed by atoms with van der Waals surface area (Å²) in [5.74, 6) is 0.0996. The number of hydrogen-bond donors (Lipinski definition) is 0. The first-order valence-corrected chi connectivity index (χ1v) is 6.12. The number of anilines is 2. The minimum atomic E-state index is -0.333. The van der Waals surface area contributed by atoms with E-state index < -0.39 is 0 Å². The molecule has 0 bridgehead atoms. The number of nitrogens with zero attached hydrogens (tertiary/aromatic N) is 3. The molecule has 6 heteroatoms. The van der Waals surface area contributed by atoms with E-state index in [0.29, 0.717) is 18.5 Å². The highest BCUT2D eigenvalue weighted by Crippen LogP contribution is 2.35. The van der Waals surface area contributed by atoms with Crippen molar-refractivity contribution in [3.63, 3.8) is 0 Å². The van der Waals surface area contributed by atoms with Gasteiger partial charge in [-0.15, -0.1) is 16.7 Å². The van der Waals surface area contributed by atoms with Crippen LogP contribution in [0.25, 0.3) is 0 Å². The van der Waals surface area contributed by atoms with E-state index in [4.69, 9.17) is 16.0 Å². The summed E-state index contributed by atoms with van der Waals surface area (Å²) in [5, 5.41) is 7.49. The fourth-order valence-electron chi connectivity index (χ4n) is 2.05. The van der Waals surface area contributed by atoms with E-state index in [1.807, 2.05) is 4.90 Å². The summed E-state index contributed by atoms with van der Waals surface area (Å²) in [6.07, 6.45) is 0.837. The molecule has 0 radical (unpaired) electrons. The monoisotopic (exact) mass is 267 g/mol. The molecule has 4 nitrogen and oxygen atoms in total. The first-order valence-electron chi connectivity index (χ1n) is 5.68. The molecule has 0 N–H and O–H groups in total. The SMILES string of the molecule is CC(Cl)c1nnc(N2CCc3ccc(F)cc32)o1. The van der Waals surface area contributed by atoms with Crippen molar-refractivity contribution in [2.45, 2.75) is 18.7 Å². The molecule has 18 heavy (non-hydrogen) atoms. The summed E-state index contributed by atoms with van der Waals surface area (Å²) in [6.45, 7) is 2.47. The van der Waals surface area contributed by atoms with Gasteiger partial charge in [-0.3, -0.25) is 4.90 Å². The maximum absolute atomic E-state index is 13.3. The number of halogens is 2. The number of hydrogen-bond acceptors (Lipinski definition) is 4. The molecule has 0 amide bonds. The van der Waals surface area contributed by atoms with E-state index in [0.717, 1.165) is 17.7 Å². The number of rotatable bonds is 2. The van der Waals surface area contributed by atoms with E-state index in [2.05, 4.69) is 10.2 Å². The van der Waals surface area contributed by atoms with Crippen LogP contribution in [0.2, 0.25) is 0 Å². The lowest BCUT2D eigenvalue weighted by molar-refractivity contribution is 0.496. The second-order valence-electron chi connectivity index (χ2n) is 4.21. The van der Waals surface area contributed by atoms with Crippen molar-refractivity contribution >= 4 is 23.3 Å². The Hall–Kier alpha value is -1.62. The van der Waals surface area contributed by atoms with Gasteiger partial charge in [-0.25, -0.2) is 4.39 Å². The van der Waals surface area contributed by atoms with E-state index in [1.54, 1.807) is 13.0 Å². The number of alkyl halides is 1. The van der Waals surface area contributed by atoms with Crippen LogP contribution >= 0.6 is 11.6 Å². The van der Waals surface area contributed by atoms with Crippen LogP contribution in [0.1, 0.15) is 23.8 Å². The van der Waals surface area contributed by atoms with Crippen molar-refractivity contribution in [2.24, 2.45) is 0 Å². The lowest BCUT2D eigenvalue weighted by atomic mass is 10.2. The maximum Gasteiger partial charge on any atom is 0.322 e. The second-order valence-corrected chi connectivity index (χ2v) is 4.87. The van der Waals surface area contributed by atoms with Gasteiger partial charge in [0.15, 0.2) is 0 Å². The van der Waals surface area contributed by atoms with Crippen molar-refractivity contribution in [2.75, 3.05) is 11.4 Å².